The van der Waals surface area contributed by atoms with Gasteiger partial charge in [0.25, 0.3) is 5.24 Å². The van der Waals surface area contributed by atoms with Gasteiger partial charge >= 0.3 is 0 Å². The van der Waals surface area contributed by atoms with Gasteiger partial charge in [0.15, 0.2) is 10.8 Å². The maximum atomic E-state index is 11.2. The summed E-state index contributed by atoms with van der Waals surface area (Å²) >= 11 is 7.06. The lowest BCUT2D eigenvalue weighted by Gasteiger charge is -2.13. The van der Waals surface area contributed by atoms with Gasteiger partial charge in [0, 0.05) is 21.7 Å². The van der Waals surface area contributed by atoms with Crippen LogP contribution < -0.4 is 0 Å². The molecule has 0 saturated heterocycles. The number of thiazole rings is 1. The van der Waals surface area contributed by atoms with Crippen LogP contribution in [0.3, 0.4) is 0 Å². The molecule has 22 heavy (non-hydrogen) atoms. The van der Waals surface area contributed by atoms with Gasteiger partial charge in [0.1, 0.15) is 5.58 Å². The zero-order valence-corrected chi connectivity index (χ0v) is 14.7. The maximum Gasteiger partial charge on any atom is 0.252 e. The predicted octanol–water partition coefficient (Wildman–Crippen LogP) is 5.65. The number of halogens is 2. The van der Waals surface area contributed by atoms with E-state index in [9.17, 15) is 4.79 Å². The second-order valence-corrected chi connectivity index (χ2v) is 7.13. The van der Waals surface area contributed by atoms with E-state index in [1.165, 1.54) is 0 Å². The van der Waals surface area contributed by atoms with E-state index in [4.69, 9.17) is 16.0 Å². The molecule has 3 rings (SSSR count). The lowest BCUT2D eigenvalue weighted by molar-refractivity contribution is 0.108. The van der Waals surface area contributed by atoms with Crippen LogP contribution >= 0.6 is 35.3 Å². The number of fused-ring (bicyclic) bond motifs is 1. The normalized spacial score (nSPS) is 11.5. The van der Waals surface area contributed by atoms with Crippen LogP contribution in [-0.4, -0.2) is 10.2 Å². The molecule has 116 valence electrons. The second-order valence-electron chi connectivity index (χ2n) is 5.92. The molecule has 0 unspecified atom stereocenters. The first-order chi connectivity index (χ1) is 9.84. The fraction of sp³-hybridized carbons (Fsp3) is 0.250. The molecule has 0 N–H and O–H groups in total. The van der Waals surface area contributed by atoms with Crippen LogP contribution in [0.1, 0.15) is 36.8 Å². The summed E-state index contributed by atoms with van der Waals surface area (Å²) in [6, 6.07) is 7.04. The molecule has 1 aromatic carbocycles. The van der Waals surface area contributed by atoms with Crippen LogP contribution in [0.15, 0.2) is 34.1 Å². The summed E-state index contributed by atoms with van der Waals surface area (Å²) in [6.07, 6.45) is 0. The van der Waals surface area contributed by atoms with Gasteiger partial charge in [-0.05, 0) is 35.9 Å². The molecule has 0 aliphatic rings. The highest BCUT2D eigenvalue weighted by Crippen LogP contribution is 2.33. The Balaban J connectivity index is 0.00000176. The largest absolute Gasteiger partial charge is 0.454 e. The van der Waals surface area contributed by atoms with E-state index < -0.39 is 5.24 Å². The summed E-state index contributed by atoms with van der Waals surface area (Å²) in [5.74, 6) is 0.713. The molecular weight excluding hydrogens is 341 g/mol. The van der Waals surface area contributed by atoms with E-state index in [1.54, 1.807) is 29.5 Å². The number of hydrogen-bond acceptors (Lipinski definition) is 4. The summed E-state index contributed by atoms with van der Waals surface area (Å²) in [7, 11) is 0. The second kappa shape index (κ2) is 6.03. The lowest BCUT2D eigenvalue weighted by atomic mass is 9.93. The number of carbonyl (C=O) groups is 1. The van der Waals surface area contributed by atoms with Gasteiger partial charge < -0.3 is 4.42 Å². The molecule has 0 bridgehead atoms. The van der Waals surface area contributed by atoms with Gasteiger partial charge in [-0.25, -0.2) is 4.98 Å². The Labute approximate surface area is 143 Å². The topological polar surface area (TPSA) is 43.1 Å². The highest BCUT2D eigenvalue weighted by atomic mass is 35.5. The average Bonchev–Trinajstić information content (AvgIpc) is 3.03. The van der Waals surface area contributed by atoms with Gasteiger partial charge in [-0.1, -0.05) is 20.8 Å². The third kappa shape index (κ3) is 3.19. The molecule has 0 aliphatic carbocycles. The van der Waals surface area contributed by atoms with Crippen LogP contribution in [-0.2, 0) is 5.41 Å². The Morgan fingerprint density at radius 2 is 2.00 bits per heavy atom. The smallest absolute Gasteiger partial charge is 0.252 e. The minimum atomic E-state index is -0.469. The van der Waals surface area contributed by atoms with Crippen molar-refractivity contribution in [2.45, 2.75) is 26.2 Å². The first-order valence-corrected chi connectivity index (χ1v) is 7.80. The van der Waals surface area contributed by atoms with Crippen molar-refractivity contribution >= 4 is 51.6 Å². The summed E-state index contributed by atoms with van der Waals surface area (Å²) in [4.78, 5) is 15.8. The Morgan fingerprint density at radius 1 is 1.27 bits per heavy atom. The van der Waals surface area contributed by atoms with Crippen molar-refractivity contribution in [3.63, 3.8) is 0 Å². The van der Waals surface area contributed by atoms with Gasteiger partial charge in [-0.2, -0.15) is 0 Å². The lowest BCUT2D eigenvalue weighted by Crippen LogP contribution is -2.11. The Bertz CT molecular complexity index is 830. The van der Waals surface area contributed by atoms with Crippen molar-refractivity contribution in [2.24, 2.45) is 0 Å². The SMILES string of the molecule is CC(C)(C)c1csc(-c2cc3cc(C(=O)Cl)ccc3o2)n1.Cl. The van der Waals surface area contributed by atoms with Gasteiger partial charge in [0.05, 0.1) is 5.69 Å². The van der Waals surface area contributed by atoms with Gasteiger partial charge in [-0.3, -0.25) is 4.79 Å². The van der Waals surface area contributed by atoms with Crippen molar-refractivity contribution in [1.82, 2.24) is 4.98 Å². The molecule has 3 nitrogen and oxygen atoms in total. The molecule has 0 saturated carbocycles. The number of nitrogens with zero attached hydrogens (tertiary/aromatic N) is 1. The fourth-order valence-corrected chi connectivity index (χ4v) is 3.12. The first kappa shape index (κ1) is 17.0. The zero-order valence-electron chi connectivity index (χ0n) is 12.3. The maximum absolute atomic E-state index is 11.2. The summed E-state index contributed by atoms with van der Waals surface area (Å²) in [6.45, 7) is 6.38. The van der Waals surface area contributed by atoms with Crippen molar-refractivity contribution < 1.29 is 9.21 Å². The first-order valence-electron chi connectivity index (χ1n) is 6.54. The van der Waals surface area contributed by atoms with E-state index in [0.29, 0.717) is 11.3 Å². The molecule has 0 spiro atoms. The van der Waals surface area contributed by atoms with Gasteiger partial charge in [-0.15, -0.1) is 23.7 Å². The molecule has 0 atom stereocenters. The molecule has 0 fully saturated rings. The van der Waals surface area contributed by atoms with E-state index in [0.717, 1.165) is 21.7 Å². The minimum absolute atomic E-state index is 0. The fourth-order valence-electron chi connectivity index (χ4n) is 2.00. The highest BCUT2D eigenvalue weighted by molar-refractivity contribution is 7.13. The predicted molar refractivity (Wildman–Crippen MR) is 93.5 cm³/mol. The van der Waals surface area contributed by atoms with E-state index in [1.807, 2.05) is 6.07 Å². The molecule has 3 aromatic rings. The monoisotopic (exact) mass is 355 g/mol. The van der Waals surface area contributed by atoms with Crippen LogP contribution in [0, 0.1) is 0 Å². The van der Waals surface area contributed by atoms with E-state index >= 15 is 0 Å². The Morgan fingerprint density at radius 3 is 2.59 bits per heavy atom. The third-order valence-electron chi connectivity index (χ3n) is 3.23. The molecule has 0 amide bonds. The molecular formula is C16H15Cl2NO2S. The zero-order chi connectivity index (χ0) is 15.2. The van der Waals surface area contributed by atoms with Crippen molar-refractivity contribution in [3.05, 3.63) is 40.9 Å². The van der Waals surface area contributed by atoms with Crippen molar-refractivity contribution in [1.29, 1.82) is 0 Å². The van der Waals surface area contributed by atoms with Crippen LogP contribution in [0.5, 0.6) is 0 Å². The molecule has 0 aliphatic heterocycles. The van der Waals surface area contributed by atoms with Crippen molar-refractivity contribution in [2.75, 3.05) is 0 Å². The average molecular weight is 356 g/mol. The van der Waals surface area contributed by atoms with E-state index in [-0.39, 0.29) is 17.8 Å². The highest BCUT2D eigenvalue weighted by Gasteiger charge is 2.19. The minimum Gasteiger partial charge on any atom is -0.454 e. The summed E-state index contributed by atoms with van der Waals surface area (Å²) in [5, 5.41) is 3.28. The number of hydrogen-bond donors (Lipinski definition) is 0. The Hall–Kier alpha value is -1.36. The molecule has 6 heteroatoms. The summed E-state index contributed by atoms with van der Waals surface area (Å²) < 4.78 is 5.81. The number of carbonyl (C=O) groups excluding carboxylic acids is 1. The molecule has 0 radical (unpaired) electrons. The Kier molecular flexibility index (Phi) is 4.66. The number of rotatable bonds is 2. The van der Waals surface area contributed by atoms with E-state index in [2.05, 4.69) is 31.1 Å². The number of aromatic nitrogens is 1. The number of benzene rings is 1. The van der Waals surface area contributed by atoms with Gasteiger partial charge in [0.2, 0.25) is 0 Å². The molecule has 2 heterocycles. The van der Waals surface area contributed by atoms with Crippen molar-refractivity contribution in [3.8, 4) is 10.8 Å². The molecule has 2 aromatic heterocycles. The third-order valence-corrected chi connectivity index (χ3v) is 4.30. The van der Waals surface area contributed by atoms with Crippen LogP contribution in [0.2, 0.25) is 0 Å². The standard InChI is InChI=1S/C16H14ClNO2S.ClH/c1-16(2,3)13-8-21-15(18-13)12-7-10-6-9(14(17)19)4-5-11(10)20-12;/h4-8H,1-3H3;1H. The quantitative estimate of drug-likeness (QED) is 0.557. The summed E-state index contributed by atoms with van der Waals surface area (Å²) in [5.41, 5.74) is 2.24. The number of furan rings is 1. The van der Waals surface area contributed by atoms with Crippen LogP contribution in [0.25, 0.3) is 21.7 Å². The van der Waals surface area contributed by atoms with Crippen LogP contribution in [0.4, 0.5) is 0 Å².